The minimum atomic E-state index is -0.246. The Labute approximate surface area is 179 Å². The summed E-state index contributed by atoms with van der Waals surface area (Å²) in [5, 5.41) is 0.745. The van der Waals surface area contributed by atoms with Crippen LogP contribution in [0.4, 0.5) is 9.18 Å². The van der Waals surface area contributed by atoms with E-state index in [2.05, 4.69) is 4.57 Å². The molecule has 0 saturated carbocycles. The van der Waals surface area contributed by atoms with E-state index in [9.17, 15) is 14.0 Å². The number of thioether (sulfide) groups is 1. The molecule has 0 unspecified atom stereocenters. The van der Waals surface area contributed by atoms with Crippen molar-refractivity contribution in [1.82, 2.24) is 9.47 Å². The second-order valence-corrected chi connectivity index (χ2v) is 8.50. The number of imide groups is 1. The van der Waals surface area contributed by atoms with Crippen LogP contribution in [0.3, 0.4) is 0 Å². The first kappa shape index (κ1) is 20.4. The van der Waals surface area contributed by atoms with Crippen molar-refractivity contribution >= 4 is 39.9 Å². The zero-order valence-corrected chi connectivity index (χ0v) is 18.0. The topological polar surface area (TPSA) is 42.3 Å². The Bertz CT molecular complexity index is 1180. The van der Waals surface area contributed by atoms with Crippen LogP contribution < -0.4 is 0 Å². The molecule has 4 rings (SSSR count). The van der Waals surface area contributed by atoms with Crippen LogP contribution in [0.15, 0.2) is 53.4 Å². The van der Waals surface area contributed by atoms with Crippen LogP contribution in [0.2, 0.25) is 0 Å². The van der Waals surface area contributed by atoms with Crippen molar-refractivity contribution in [1.29, 1.82) is 0 Å². The Morgan fingerprint density at radius 1 is 1.10 bits per heavy atom. The molecule has 1 aromatic heterocycles. The molecule has 1 saturated heterocycles. The third kappa shape index (κ3) is 3.45. The first-order valence-corrected chi connectivity index (χ1v) is 10.8. The van der Waals surface area contributed by atoms with Crippen LogP contribution in [-0.2, 0) is 11.3 Å². The van der Waals surface area contributed by atoms with Crippen LogP contribution in [0.25, 0.3) is 17.0 Å². The molecule has 0 N–H and O–H groups in total. The van der Waals surface area contributed by atoms with E-state index in [1.165, 1.54) is 11.0 Å². The van der Waals surface area contributed by atoms with Crippen LogP contribution in [0, 0.1) is 12.7 Å². The van der Waals surface area contributed by atoms with E-state index < -0.39 is 0 Å². The molecule has 6 heteroatoms. The summed E-state index contributed by atoms with van der Waals surface area (Å²) in [5.74, 6) is -0.490. The quantitative estimate of drug-likeness (QED) is 0.476. The van der Waals surface area contributed by atoms with Gasteiger partial charge in [-0.1, -0.05) is 43.3 Å². The van der Waals surface area contributed by atoms with E-state index in [1.807, 2.05) is 57.2 Å². The summed E-state index contributed by atoms with van der Waals surface area (Å²) in [6.07, 6.45) is 2.52. The number of carbonyl (C=O) groups excluding carboxylic acids is 2. The van der Waals surface area contributed by atoms with Gasteiger partial charge in [-0.25, -0.2) is 4.39 Å². The summed E-state index contributed by atoms with van der Waals surface area (Å²) in [7, 11) is 0. The first-order valence-electron chi connectivity index (χ1n) is 10.0. The lowest BCUT2D eigenvalue weighted by Gasteiger charge is -2.19. The number of carbonyl (C=O) groups is 2. The molecule has 1 aliphatic heterocycles. The van der Waals surface area contributed by atoms with Crippen LogP contribution in [0.1, 0.15) is 37.1 Å². The first-order chi connectivity index (χ1) is 14.4. The summed E-state index contributed by atoms with van der Waals surface area (Å²) < 4.78 is 16.3. The average molecular weight is 423 g/mol. The fourth-order valence-corrected chi connectivity index (χ4v) is 4.73. The van der Waals surface area contributed by atoms with Gasteiger partial charge in [-0.05, 0) is 50.2 Å². The second-order valence-electron chi connectivity index (χ2n) is 7.50. The molecule has 2 heterocycles. The van der Waals surface area contributed by atoms with E-state index in [0.717, 1.165) is 33.9 Å². The van der Waals surface area contributed by atoms with Gasteiger partial charge in [0.25, 0.3) is 11.1 Å². The molecule has 0 radical (unpaired) electrons. The number of hydrogen-bond acceptors (Lipinski definition) is 3. The molecule has 4 nitrogen and oxygen atoms in total. The van der Waals surface area contributed by atoms with Gasteiger partial charge in [-0.15, -0.1) is 0 Å². The third-order valence-electron chi connectivity index (χ3n) is 5.70. The van der Waals surface area contributed by atoms with Crippen molar-refractivity contribution in [2.75, 3.05) is 0 Å². The van der Waals surface area contributed by atoms with E-state index in [1.54, 1.807) is 12.1 Å². The van der Waals surface area contributed by atoms with Crippen molar-refractivity contribution in [3.8, 4) is 0 Å². The molecule has 1 atom stereocenters. The van der Waals surface area contributed by atoms with Gasteiger partial charge in [0.2, 0.25) is 0 Å². The van der Waals surface area contributed by atoms with Crippen molar-refractivity contribution in [3.05, 3.63) is 76.1 Å². The Morgan fingerprint density at radius 3 is 2.53 bits per heavy atom. The lowest BCUT2D eigenvalue weighted by molar-refractivity contribution is -0.124. The third-order valence-corrected chi connectivity index (χ3v) is 6.58. The monoisotopic (exact) mass is 422 g/mol. The van der Waals surface area contributed by atoms with Crippen molar-refractivity contribution in [2.45, 2.75) is 39.8 Å². The summed E-state index contributed by atoms with van der Waals surface area (Å²) in [6.45, 7) is 6.19. The molecule has 1 aliphatic rings. The fourth-order valence-electron chi connectivity index (χ4n) is 3.81. The molecule has 2 amide bonds. The number of para-hydroxylation sites is 1. The highest BCUT2D eigenvalue weighted by molar-refractivity contribution is 8.18. The maximum absolute atomic E-state index is 14.3. The largest absolute Gasteiger partial charge is 0.340 e. The minimum absolute atomic E-state index is 0.133. The van der Waals surface area contributed by atoms with Crippen LogP contribution in [-0.4, -0.2) is 26.7 Å². The molecule has 0 spiro atoms. The van der Waals surface area contributed by atoms with E-state index in [0.29, 0.717) is 23.4 Å². The number of rotatable bonds is 5. The molecule has 3 aromatic rings. The van der Waals surface area contributed by atoms with Gasteiger partial charge >= 0.3 is 0 Å². The number of aromatic nitrogens is 1. The molecule has 0 bridgehead atoms. The minimum Gasteiger partial charge on any atom is -0.340 e. The summed E-state index contributed by atoms with van der Waals surface area (Å²) >= 11 is 0.983. The smallest absolute Gasteiger partial charge is 0.293 e. The van der Waals surface area contributed by atoms with Crippen LogP contribution >= 0.6 is 11.8 Å². The van der Waals surface area contributed by atoms with Gasteiger partial charge in [0.05, 0.1) is 11.4 Å². The number of hydrogen-bond donors (Lipinski definition) is 0. The van der Waals surface area contributed by atoms with Crippen molar-refractivity contribution in [2.24, 2.45) is 0 Å². The number of benzene rings is 2. The maximum Gasteiger partial charge on any atom is 0.293 e. The highest BCUT2D eigenvalue weighted by atomic mass is 32.2. The van der Waals surface area contributed by atoms with Crippen LogP contribution in [0.5, 0.6) is 0 Å². The number of nitrogens with zero attached hydrogens (tertiary/aromatic N) is 2. The Balaban J connectivity index is 1.80. The van der Waals surface area contributed by atoms with Gasteiger partial charge in [-0.3, -0.25) is 14.5 Å². The van der Waals surface area contributed by atoms with Gasteiger partial charge in [0.1, 0.15) is 5.82 Å². The standard InChI is InChI=1S/C24H23FN2O2S/c1-4-15(2)27-23(28)22(30-24(27)29)13-19-16(3)26(21-12-8-6-10-18(19)21)14-17-9-5-7-11-20(17)25/h5-13,15H,4,14H2,1-3H3/b22-13+/t15-/m1/s1. The number of fused-ring (bicyclic) bond motifs is 1. The molecular formula is C24H23FN2O2S. The van der Waals surface area contributed by atoms with Gasteiger partial charge in [0.15, 0.2) is 0 Å². The van der Waals surface area contributed by atoms with Crippen molar-refractivity contribution < 1.29 is 14.0 Å². The SMILES string of the molecule is CC[C@@H](C)N1C(=O)S/C(=C/c2c(C)n(Cc3ccccc3F)c3ccccc23)C1=O. The Hall–Kier alpha value is -2.86. The fraction of sp³-hybridized carbons (Fsp3) is 0.250. The lowest BCUT2D eigenvalue weighted by Crippen LogP contribution is -2.36. The Morgan fingerprint density at radius 2 is 1.80 bits per heavy atom. The normalized spacial score (nSPS) is 16.8. The molecule has 2 aromatic carbocycles. The zero-order chi connectivity index (χ0) is 21.4. The van der Waals surface area contributed by atoms with Gasteiger partial charge in [-0.2, -0.15) is 0 Å². The molecular weight excluding hydrogens is 399 g/mol. The number of amides is 2. The van der Waals surface area contributed by atoms with E-state index in [4.69, 9.17) is 0 Å². The predicted octanol–water partition coefficient (Wildman–Crippen LogP) is 5.97. The molecule has 1 fully saturated rings. The highest BCUT2D eigenvalue weighted by Crippen LogP contribution is 2.37. The summed E-state index contributed by atoms with van der Waals surface area (Å²) in [5.41, 5.74) is 3.38. The predicted molar refractivity (Wildman–Crippen MR) is 120 cm³/mol. The molecule has 0 aliphatic carbocycles. The maximum atomic E-state index is 14.3. The zero-order valence-electron chi connectivity index (χ0n) is 17.2. The molecule has 154 valence electrons. The van der Waals surface area contributed by atoms with E-state index >= 15 is 0 Å². The second kappa shape index (κ2) is 8.11. The molecule has 30 heavy (non-hydrogen) atoms. The average Bonchev–Trinajstić information content (AvgIpc) is 3.17. The Kier molecular flexibility index (Phi) is 5.52. The van der Waals surface area contributed by atoms with E-state index in [-0.39, 0.29) is 23.0 Å². The summed E-state index contributed by atoms with van der Waals surface area (Å²) in [4.78, 5) is 27.0. The highest BCUT2D eigenvalue weighted by Gasteiger charge is 2.37. The van der Waals surface area contributed by atoms with Gasteiger partial charge < -0.3 is 4.57 Å². The van der Waals surface area contributed by atoms with Crippen molar-refractivity contribution in [3.63, 3.8) is 0 Å². The lowest BCUT2D eigenvalue weighted by atomic mass is 10.1. The number of halogens is 1. The van der Waals surface area contributed by atoms with Gasteiger partial charge in [0, 0.05) is 33.8 Å². The summed E-state index contributed by atoms with van der Waals surface area (Å²) in [6, 6.07) is 14.5.